The van der Waals surface area contributed by atoms with E-state index in [1.807, 2.05) is 31.2 Å². The number of amides is 2. The molecular formula is C22H24N2O3. The summed E-state index contributed by atoms with van der Waals surface area (Å²) in [4.78, 5) is 26.7. The molecule has 5 nitrogen and oxygen atoms in total. The van der Waals surface area contributed by atoms with Crippen molar-refractivity contribution in [2.24, 2.45) is 0 Å². The predicted molar refractivity (Wildman–Crippen MR) is 105 cm³/mol. The van der Waals surface area contributed by atoms with Crippen molar-refractivity contribution in [1.29, 1.82) is 0 Å². The van der Waals surface area contributed by atoms with Crippen molar-refractivity contribution in [3.05, 3.63) is 53.6 Å². The van der Waals surface area contributed by atoms with E-state index in [4.69, 9.17) is 4.74 Å². The number of carbonyl (C=O) groups excluding carboxylic acids is 2. The smallest absolute Gasteiger partial charge is 0.268 e. The minimum Gasteiger partial charge on any atom is -0.481 e. The third kappa shape index (κ3) is 3.54. The molecule has 2 aromatic carbocycles. The van der Waals surface area contributed by atoms with Gasteiger partial charge in [0, 0.05) is 0 Å². The fraction of sp³-hybridized carbons (Fsp3) is 0.364. The van der Waals surface area contributed by atoms with Gasteiger partial charge in [-0.3, -0.25) is 14.5 Å². The molecule has 2 aliphatic rings. The van der Waals surface area contributed by atoms with E-state index < -0.39 is 6.10 Å². The molecule has 0 radical (unpaired) electrons. The lowest BCUT2D eigenvalue weighted by molar-refractivity contribution is -0.127. The standard InChI is InChI=1S/C22H24N2O3/c1-2-20(27-17-12-11-15-7-3-4-8-16(15)13-17)22(26)24-14-21(25)23-18-9-5-6-10-19(18)24/h5-6,9-13,20H,2-4,7-8,14H2,1H3,(H,23,25)/t20-/m1/s1. The monoisotopic (exact) mass is 364 g/mol. The number of carbonyl (C=O) groups is 2. The molecule has 1 heterocycles. The molecule has 5 heteroatoms. The fourth-order valence-electron chi connectivity index (χ4n) is 3.86. The number of hydrogen-bond donors (Lipinski definition) is 1. The number of nitrogens with zero attached hydrogens (tertiary/aromatic N) is 1. The van der Waals surface area contributed by atoms with E-state index in [1.54, 1.807) is 6.07 Å². The van der Waals surface area contributed by atoms with E-state index in [-0.39, 0.29) is 18.4 Å². The molecule has 1 aliphatic heterocycles. The van der Waals surface area contributed by atoms with Gasteiger partial charge in [0.2, 0.25) is 5.91 Å². The van der Waals surface area contributed by atoms with Crippen LogP contribution in [0.2, 0.25) is 0 Å². The SMILES string of the molecule is CC[C@@H](Oc1ccc2c(c1)CCCC2)C(=O)N1CC(=O)Nc2ccccc21. The molecule has 0 aromatic heterocycles. The Balaban J connectivity index is 1.56. The number of para-hydroxylation sites is 2. The van der Waals surface area contributed by atoms with E-state index in [0.29, 0.717) is 12.1 Å². The summed E-state index contributed by atoms with van der Waals surface area (Å²) in [7, 11) is 0. The van der Waals surface area contributed by atoms with Gasteiger partial charge in [-0.15, -0.1) is 0 Å². The number of hydrogen-bond acceptors (Lipinski definition) is 3. The second-order valence-electron chi connectivity index (χ2n) is 7.14. The summed E-state index contributed by atoms with van der Waals surface area (Å²) >= 11 is 0. The van der Waals surface area contributed by atoms with Gasteiger partial charge in [-0.05, 0) is 67.5 Å². The first-order chi connectivity index (χ1) is 13.2. The van der Waals surface area contributed by atoms with Gasteiger partial charge in [0.15, 0.2) is 6.10 Å². The van der Waals surface area contributed by atoms with Crippen LogP contribution in [0.15, 0.2) is 42.5 Å². The summed E-state index contributed by atoms with van der Waals surface area (Å²) in [6.07, 6.45) is 4.54. The lowest BCUT2D eigenvalue weighted by Gasteiger charge is -2.31. The van der Waals surface area contributed by atoms with Gasteiger partial charge in [-0.2, -0.15) is 0 Å². The highest BCUT2D eigenvalue weighted by atomic mass is 16.5. The molecular weight excluding hydrogens is 340 g/mol. The van der Waals surface area contributed by atoms with E-state index in [1.165, 1.54) is 28.9 Å². The Labute approximate surface area is 159 Å². The molecule has 2 amide bonds. The zero-order valence-electron chi connectivity index (χ0n) is 15.5. The van der Waals surface area contributed by atoms with Crippen LogP contribution in [-0.2, 0) is 22.4 Å². The van der Waals surface area contributed by atoms with Crippen LogP contribution in [0.1, 0.15) is 37.3 Å². The van der Waals surface area contributed by atoms with Gasteiger partial charge >= 0.3 is 0 Å². The lowest BCUT2D eigenvalue weighted by Crippen LogP contribution is -2.48. The van der Waals surface area contributed by atoms with Crippen molar-refractivity contribution in [3.8, 4) is 5.75 Å². The lowest BCUT2D eigenvalue weighted by atomic mass is 9.92. The van der Waals surface area contributed by atoms with Crippen LogP contribution >= 0.6 is 0 Å². The van der Waals surface area contributed by atoms with Crippen LogP contribution in [0.4, 0.5) is 11.4 Å². The van der Waals surface area contributed by atoms with E-state index in [2.05, 4.69) is 17.4 Å². The Hall–Kier alpha value is -2.82. The zero-order chi connectivity index (χ0) is 18.8. The first kappa shape index (κ1) is 17.6. The number of ether oxygens (including phenoxy) is 1. The molecule has 0 saturated carbocycles. The molecule has 1 N–H and O–H groups in total. The maximum Gasteiger partial charge on any atom is 0.268 e. The topological polar surface area (TPSA) is 58.6 Å². The van der Waals surface area contributed by atoms with Gasteiger partial charge in [0.1, 0.15) is 12.3 Å². The molecule has 1 aliphatic carbocycles. The second kappa shape index (κ2) is 7.43. The minimum absolute atomic E-state index is 0.0138. The average molecular weight is 364 g/mol. The maximum atomic E-state index is 13.2. The van der Waals surface area contributed by atoms with Crippen LogP contribution in [0.5, 0.6) is 5.75 Å². The normalized spacial score (nSPS) is 16.8. The third-order valence-electron chi connectivity index (χ3n) is 5.28. The third-order valence-corrected chi connectivity index (χ3v) is 5.28. The Morgan fingerprint density at radius 2 is 1.93 bits per heavy atom. The van der Waals surface area contributed by atoms with Gasteiger partial charge in [0.05, 0.1) is 11.4 Å². The van der Waals surface area contributed by atoms with Crippen molar-refractivity contribution in [1.82, 2.24) is 0 Å². The summed E-state index contributed by atoms with van der Waals surface area (Å²) in [5.41, 5.74) is 4.08. The Bertz CT molecular complexity index is 878. The van der Waals surface area contributed by atoms with Gasteiger partial charge in [-0.1, -0.05) is 25.1 Å². The van der Waals surface area contributed by atoms with Crippen molar-refractivity contribution >= 4 is 23.2 Å². The molecule has 140 valence electrons. The number of fused-ring (bicyclic) bond motifs is 2. The maximum absolute atomic E-state index is 13.2. The molecule has 4 rings (SSSR count). The van der Waals surface area contributed by atoms with Crippen LogP contribution in [-0.4, -0.2) is 24.5 Å². The Kier molecular flexibility index (Phi) is 4.84. The second-order valence-corrected chi connectivity index (χ2v) is 7.14. The summed E-state index contributed by atoms with van der Waals surface area (Å²) in [6, 6.07) is 13.5. The van der Waals surface area contributed by atoms with E-state index >= 15 is 0 Å². The molecule has 0 unspecified atom stereocenters. The highest BCUT2D eigenvalue weighted by molar-refractivity contribution is 6.11. The summed E-state index contributed by atoms with van der Waals surface area (Å²) in [6.45, 7) is 1.94. The Morgan fingerprint density at radius 3 is 2.74 bits per heavy atom. The molecule has 1 atom stereocenters. The van der Waals surface area contributed by atoms with Crippen molar-refractivity contribution in [2.45, 2.75) is 45.1 Å². The molecule has 27 heavy (non-hydrogen) atoms. The van der Waals surface area contributed by atoms with E-state index in [0.717, 1.165) is 24.3 Å². The number of nitrogens with one attached hydrogen (secondary N) is 1. The first-order valence-corrected chi connectivity index (χ1v) is 9.64. The fourth-order valence-corrected chi connectivity index (χ4v) is 3.86. The van der Waals surface area contributed by atoms with Crippen LogP contribution < -0.4 is 15.0 Å². The van der Waals surface area contributed by atoms with Crippen molar-refractivity contribution in [3.63, 3.8) is 0 Å². The summed E-state index contributed by atoms with van der Waals surface area (Å²) in [5, 5.41) is 2.81. The summed E-state index contributed by atoms with van der Waals surface area (Å²) in [5.74, 6) is 0.355. The highest BCUT2D eigenvalue weighted by Crippen LogP contribution is 2.31. The number of aryl methyl sites for hydroxylation is 2. The van der Waals surface area contributed by atoms with Gasteiger partial charge in [-0.25, -0.2) is 0 Å². The number of rotatable bonds is 4. The van der Waals surface area contributed by atoms with Crippen LogP contribution in [0.25, 0.3) is 0 Å². The molecule has 0 fully saturated rings. The quantitative estimate of drug-likeness (QED) is 0.900. The largest absolute Gasteiger partial charge is 0.481 e. The number of benzene rings is 2. The van der Waals surface area contributed by atoms with Crippen molar-refractivity contribution in [2.75, 3.05) is 16.8 Å². The molecule has 0 spiro atoms. The average Bonchev–Trinajstić information content (AvgIpc) is 2.70. The Morgan fingerprint density at radius 1 is 1.15 bits per heavy atom. The highest BCUT2D eigenvalue weighted by Gasteiger charge is 2.32. The summed E-state index contributed by atoms with van der Waals surface area (Å²) < 4.78 is 6.07. The van der Waals surface area contributed by atoms with Crippen LogP contribution in [0, 0.1) is 0 Å². The van der Waals surface area contributed by atoms with Crippen molar-refractivity contribution < 1.29 is 14.3 Å². The minimum atomic E-state index is -0.620. The zero-order valence-corrected chi connectivity index (χ0v) is 15.5. The molecule has 0 bridgehead atoms. The molecule has 2 aromatic rings. The van der Waals surface area contributed by atoms with Gasteiger partial charge < -0.3 is 10.1 Å². The van der Waals surface area contributed by atoms with Gasteiger partial charge in [0.25, 0.3) is 5.91 Å². The predicted octanol–water partition coefficient (Wildman–Crippen LogP) is 3.71. The van der Waals surface area contributed by atoms with E-state index in [9.17, 15) is 9.59 Å². The number of anilines is 2. The first-order valence-electron chi connectivity index (χ1n) is 9.64. The van der Waals surface area contributed by atoms with Crippen LogP contribution in [0.3, 0.4) is 0 Å². The molecule has 0 saturated heterocycles.